The molecule has 0 spiro atoms. The van der Waals surface area contributed by atoms with E-state index in [2.05, 4.69) is 29.6 Å². The summed E-state index contributed by atoms with van der Waals surface area (Å²) in [5, 5.41) is 2.90. The Labute approximate surface area is 136 Å². The number of rotatable bonds is 4. The monoisotopic (exact) mass is 311 g/mol. The molecule has 1 saturated carbocycles. The number of amides is 1. The van der Waals surface area contributed by atoms with Crippen LogP contribution in [0.5, 0.6) is 0 Å². The largest absolute Gasteiger partial charge is 0.326 e. The van der Waals surface area contributed by atoms with Crippen LogP contribution < -0.4 is 5.32 Å². The quantitative estimate of drug-likeness (QED) is 0.862. The van der Waals surface area contributed by atoms with Gasteiger partial charge in [0.25, 0.3) is 0 Å². The predicted molar refractivity (Wildman–Crippen MR) is 90.6 cm³/mol. The molecule has 3 heteroatoms. The first kappa shape index (κ1) is 15.7. The maximum Gasteiger partial charge on any atom is 0.227 e. The molecule has 1 amide bonds. The minimum absolute atomic E-state index is 0.0646. The van der Waals surface area contributed by atoms with E-state index in [0.717, 1.165) is 32.1 Å². The van der Waals surface area contributed by atoms with Gasteiger partial charge >= 0.3 is 0 Å². The van der Waals surface area contributed by atoms with Gasteiger partial charge in [-0.05, 0) is 67.9 Å². The molecule has 0 saturated heterocycles. The fourth-order valence-corrected chi connectivity index (χ4v) is 3.35. The van der Waals surface area contributed by atoms with Crippen molar-refractivity contribution in [1.29, 1.82) is 0 Å². The van der Waals surface area contributed by atoms with Gasteiger partial charge in [0.2, 0.25) is 5.91 Å². The van der Waals surface area contributed by atoms with Crippen molar-refractivity contribution in [3.05, 3.63) is 66.0 Å². The van der Waals surface area contributed by atoms with E-state index < -0.39 is 0 Å². The van der Waals surface area contributed by atoms with Gasteiger partial charge in [-0.3, -0.25) is 4.79 Å². The van der Waals surface area contributed by atoms with Crippen molar-refractivity contribution in [3.8, 4) is 0 Å². The lowest BCUT2D eigenvalue weighted by Gasteiger charge is -2.27. The van der Waals surface area contributed by atoms with Crippen LogP contribution in [0.2, 0.25) is 0 Å². The van der Waals surface area contributed by atoms with Crippen molar-refractivity contribution in [3.63, 3.8) is 0 Å². The number of halogens is 1. The highest BCUT2D eigenvalue weighted by atomic mass is 19.1. The average molecular weight is 311 g/mol. The van der Waals surface area contributed by atoms with Crippen LogP contribution in [-0.2, 0) is 11.2 Å². The highest BCUT2D eigenvalue weighted by Crippen LogP contribution is 2.31. The molecule has 0 atom stereocenters. The molecule has 2 aromatic carbocycles. The molecule has 0 bridgehead atoms. The zero-order valence-electron chi connectivity index (χ0n) is 13.2. The van der Waals surface area contributed by atoms with E-state index in [9.17, 15) is 9.18 Å². The van der Waals surface area contributed by atoms with Gasteiger partial charge in [0.1, 0.15) is 5.82 Å². The molecule has 1 aliphatic carbocycles. The second-order valence-electron chi connectivity index (χ2n) is 6.40. The molecule has 0 radical (unpaired) electrons. The van der Waals surface area contributed by atoms with E-state index in [0.29, 0.717) is 11.6 Å². The highest BCUT2D eigenvalue weighted by Gasteiger charge is 2.26. The van der Waals surface area contributed by atoms with E-state index in [1.807, 2.05) is 6.07 Å². The second-order valence-corrected chi connectivity index (χ2v) is 6.40. The Kier molecular flexibility index (Phi) is 5.06. The summed E-state index contributed by atoms with van der Waals surface area (Å²) in [5.74, 6) is 0.526. The number of hydrogen-bond donors (Lipinski definition) is 1. The summed E-state index contributed by atoms with van der Waals surface area (Å²) >= 11 is 0. The van der Waals surface area contributed by atoms with E-state index in [4.69, 9.17) is 0 Å². The van der Waals surface area contributed by atoms with Crippen LogP contribution in [0.3, 0.4) is 0 Å². The zero-order chi connectivity index (χ0) is 16.1. The Balaban J connectivity index is 1.48. The first-order valence-electron chi connectivity index (χ1n) is 8.31. The maximum atomic E-state index is 12.9. The molecule has 0 heterocycles. The van der Waals surface area contributed by atoms with Crippen molar-refractivity contribution in [2.75, 3.05) is 5.32 Å². The number of nitrogens with one attached hydrogen (secondary N) is 1. The van der Waals surface area contributed by atoms with Crippen LogP contribution in [0, 0.1) is 17.7 Å². The lowest BCUT2D eigenvalue weighted by Crippen LogP contribution is -2.27. The van der Waals surface area contributed by atoms with E-state index >= 15 is 0 Å². The smallest absolute Gasteiger partial charge is 0.227 e. The van der Waals surface area contributed by atoms with Crippen molar-refractivity contribution in [2.24, 2.45) is 11.8 Å². The normalized spacial score (nSPS) is 20.9. The Morgan fingerprint density at radius 2 is 1.61 bits per heavy atom. The van der Waals surface area contributed by atoms with Gasteiger partial charge in [-0.2, -0.15) is 0 Å². The Morgan fingerprint density at radius 3 is 2.26 bits per heavy atom. The van der Waals surface area contributed by atoms with Crippen LogP contribution in [0.15, 0.2) is 54.6 Å². The summed E-state index contributed by atoms with van der Waals surface area (Å²) in [6.07, 6.45) is 5.16. The van der Waals surface area contributed by atoms with Crippen LogP contribution in [-0.4, -0.2) is 5.91 Å². The van der Waals surface area contributed by atoms with Gasteiger partial charge in [0.15, 0.2) is 0 Å². The molecule has 0 aliphatic heterocycles. The molecule has 2 nitrogen and oxygen atoms in total. The van der Waals surface area contributed by atoms with E-state index in [1.54, 1.807) is 12.1 Å². The number of carbonyl (C=O) groups is 1. The fourth-order valence-electron chi connectivity index (χ4n) is 3.35. The van der Waals surface area contributed by atoms with E-state index in [1.165, 1.54) is 17.7 Å². The van der Waals surface area contributed by atoms with Crippen LogP contribution >= 0.6 is 0 Å². The standard InChI is InChI=1S/C20H22FNO/c21-18-10-12-19(13-11-18)22-20(23)17-8-6-16(7-9-17)14-15-4-2-1-3-5-15/h1-5,10-13,16-17H,6-9,14H2,(H,22,23)/t16-,17+. The van der Waals surface area contributed by atoms with Gasteiger partial charge in [-0.15, -0.1) is 0 Å². The predicted octanol–water partition coefficient (Wildman–Crippen LogP) is 4.81. The van der Waals surface area contributed by atoms with Gasteiger partial charge in [-0.25, -0.2) is 4.39 Å². The van der Waals surface area contributed by atoms with Crippen molar-refractivity contribution >= 4 is 11.6 Å². The molecule has 1 N–H and O–H groups in total. The summed E-state index contributed by atoms with van der Waals surface area (Å²) in [4.78, 5) is 12.3. The molecular formula is C20H22FNO. The Morgan fingerprint density at radius 1 is 0.957 bits per heavy atom. The van der Waals surface area contributed by atoms with Crippen LogP contribution in [0.1, 0.15) is 31.2 Å². The van der Waals surface area contributed by atoms with Crippen molar-refractivity contribution in [2.45, 2.75) is 32.1 Å². The molecule has 3 rings (SSSR count). The molecular weight excluding hydrogens is 289 g/mol. The van der Waals surface area contributed by atoms with Crippen LogP contribution in [0.25, 0.3) is 0 Å². The van der Waals surface area contributed by atoms with Crippen LogP contribution in [0.4, 0.5) is 10.1 Å². The van der Waals surface area contributed by atoms with Gasteiger partial charge in [0, 0.05) is 11.6 Å². The molecule has 1 aliphatic rings. The summed E-state index contributed by atoms with van der Waals surface area (Å²) in [6.45, 7) is 0. The maximum absolute atomic E-state index is 12.9. The lowest BCUT2D eigenvalue weighted by molar-refractivity contribution is -0.121. The summed E-state index contributed by atoms with van der Waals surface area (Å²) in [5.41, 5.74) is 2.05. The second kappa shape index (κ2) is 7.40. The molecule has 23 heavy (non-hydrogen) atoms. The van der Waals surface area contributed by atoms with E-state index in [-0.39, 0.29) is 17.6 Å². The van der Waals surface area contributed by atoms with Gasteiger partial charge < -0.3 is 5.32 Å². The minimum Gasteiger partial charge on any atom is -0.326 e. The molecule has 0 aromatic heterocycles. The minimum atomic E-state index is -0.288. The number of benzene rings is 2. The van der Waals surface area contributed by atoms with Gasteiger partial charge in [-0.1, -0.05) is 30.3 Å². The third-order valence-electron chi connectivity index (χ3n) is 4.70. The van der Waals surface area contributed by atoms with Gasteiger partial charge in [0.05, 0.1) is 0 Å². The topological polar surface area (TPSA) is 29.1 Å². The molecule has 1 fully saturated rings. The SMILES string of the molecule is O=C(Nc1ccc(F)cc1)[C@H]1CC[C@@H](Cc2ccccc2)CC1. The molecule has 2 aromatic rings. The summed E-state index contributed by atoms with van der Waals surface area (Å²) < 4.78 is 12.9. The summed E-state index contributed by atoms with van der Waals surface area (Å²) in [7, 11) is 0. The van der Waals surface area contributed by atoms with Crippen molar-refractivity contribution in [1.82, 2.24) is 0 Å². The number of hydrogen-bond acceptors (Lipinski definition) is 1. The fraction of sp³-hybridized carbons (Fsp3) is 0.350. The zero-order valence-corrected chi connectivity index (χ0v) is 13.2. The average Bonchev–Trinajstić information content (AvgIpc) is 2.58. The lowest BCUT2D eigenvalue weighted by atomic mass is 9.79. The Bertz CT molecular complexity index is 630. The first-order chi connectivity index (χ1) is 11.2. The third-order valence-corrected chi connectivity index (χ3v) is 4.70. The Hall–Kier alpha value is -2.16. The first-order valence-corrected chi connectivity index (χ1v) is 8.31. The summed E-state index contributed by atoms with van der Waals surface area (Å²) in [6, 6.07) is 16.5. The molecule has 0 unspecified atom stereocenters. The number of anilines is 1. The number of carbonyl (C=O) groups excluding carboxylic acids is 1. The third kappa shape index (κ3) is 4.41. The highest BCUT2D eigenvalue weighted by molar-refractivity contribution is 5.92. The van der Waals surface area contributed by atoms with Crippen molar-refractivity contribution < 1.29 is 9.18 Å². The molecule has 120 valence electrons.